The van der Waals surface area contributed by atoms with Crippen molar-refractivity contribution in [2.24, 2.45) is 5.92 Å². The minimum absolute atomic E-state index is 0.00954. The zero-order valence-corrected chi connectivity index (χ0v) is 71.0. The van der Waals surface area contributed by atoms with Gasteiger partial charge in [-0.1, -0.05) is 62.4 Å². The van der Waals surface area contributed by atoms with Crippen molar-refractivity contribution in [3.8, 4) is 5.75 Å². The maximum absolute atomic E-state index is 13.9. The lowest BCUT2D eigenvalue weighted by atomic mass is 9.79. The summed E-state index contributed by atoms with van der Waals surface area (Å²) in [5.41, 5.74) is 3.83. The molecule has 2 atom stereocenters. The highest BCUT2D eigenvalue weighted by Gasteiger charge is 2.47. The number of alkyl halides is 1. The fraction of sp³-hybridized carbons (Fsp3) is 0.468. The number of carbonyl (C=O) groups is 4. The van der Waals surface area contributed by atoms with E-state index in [1.165, 1.54) is 65.3 Å². The molecule has 0 bridgehead atoms. The average Bonchev–Trinajstić information content (AvgIpc) is 1.58. The predicted molar refractivity (Wildman–Crippen MR) is 432 cm³/mol. The number of nitrogens with zero attached hydrogens (tertiary/aromatic N) is 9. The summed E-state index contributed by atoms with van der Waals surface area (Å²) in [6.45, 7) is 13.7. The Bertz CT molecular complexity index is 5600. The van der Waals surface area contributed by atoms with E-state index in [4.69, 9.17) is 18.9 Å². The van der Waals surface area contributed by atoms with Gasteiger partial charge in [-0.05, 0) is 160 Å². The molecular weight excluding hydrogens is 1650 g/mol. The van der Waals surface area contributed by atoms with Crippen LogP contribution in [0.25, 0.3) is 21.5 Å². The van der Waals surface area contributed by atoms with Gasteiger partial charge >= 0.3 is 0 Å². The first-order valence-electron chi connectivity index (χ1n) is 38.3. The molecule has 2 aliphatic rings. The third-order valence-electron chi connectivity index (χ3n) is 20.3. The van der Waals surface area contributed by atoms with Crippen molar-refractivity contribution in [3.63, 3.8) is 0 Å². The van der Waals surface area contributed by atoms with Crippen molar-refractivity contribution in [1.29, 1.82) is 0 Å². The molecule has 5 aromatic carbocycles. The lowest BCUT2D eigenvalue weighted by Gasteiger charge is -2.31. The van der Waals surface area contributed by atoms with E-state index in [1.54, 1.807) is 49.7 Å². The standard InChI is InChI=1S/C77H100FN13O23S5/c1-9-89-63-30-28-58-60(43-56(116(99,100)101)45-65(58)118(105,106)107)71(63)76(4,5)67(89)21-12-10-13-22-68-77(6,7)72-61-44-57(117(102,103)104)46-66(119(108,109)110)59(61)29-31-64(72)90(68)35-17-11-14-23-69(92)79-33-16-15-20-62(81-70(93)50-88-47-52(82-86-88)19-18-32-78)74(94)80-34-37-112-39-41-114-42-40-113-38-36-87-48-53(83-85-87)49-91(73(51(2)3)75(95)84-96)115(97,98)55-26-24-54(111-8)25-27-55/h10,12-13,21-22,24-31,43-48,51,62,73H,9,11,14-20,23,32-42,49-50H2,1-8H3,(H8-,79,80,81,82,83,84,85,86,92,93,94,95,96,99,100,101,102,103,104,105,106,107,108,109,110)/t62-,73+/m0/s1. The number of fused-ring (bicyclic) bond motifs is 6. The Hall–Kier alpha value is -9.41. The largest absolute Gasteiger partial charge is 0.744 e. The summed E-state index contributed by atoms with van der Waals surface area (Å²) in [5.74, 6) is -2.32. The highest BCUT2D eigenvalue weighted by atomic mass is 32.2. The highest BCUT2D eigenvalue weighted by Crippen LogP contribution is 2.52. The summed E-state index contributed by atoms with van der Waals surface area (Å²) >= 11 is 0. The van der Waals surface area contributed by atoms with Crippen LogP contribution in [0.4, 0.5) is 15.8 Å². The molecule has 0 spiro atoms. The van der Waals surface area contributed by atoms with Crippen LogP contribution < -0.4 is 31.1 Å². The van der Waals surface area contributed by atoms with Crippen LogP contribution in [0.15, 0.2) is 146 Å². The Labute approximate surface area is 690 Å². The number of amides is 4. The van der Waals surface area contributed by atoms with Gasteiger partial charge < -0.3 is 44.4 Å². The molecule has 8 N–H and O–H groups in total. The Morgan fingerprint density at radius 3 is 1.90 bits per heavy atom. The molecule has 4 heterocycles. The number of ether oxygens (including phenoxy) is 4. The van der Waals surface area contributed by atoms with E-state index in [9.17, 15) is 89.1 Å². The molecule has 2 aliphatic heterocycles. The molecule has 0 radical (unpaired) electrons. The zero-order chi connectivity index (χ0) is 87.0. The molecule has 2 aromatic heterocycles. The van der Waals surface area contributed by atoms with Gasteiger partial charge in [0.1, 0.15) is 45.9 Å². The van der Waals surface area contributed by atoms with Gasteiger partial charge in [0.05, 0.1) is 103 Å². The van der Waals surface area contributed by atoms with Gasteiger partial charge in [-0.2, -0.15) is 34.1 Å². The number of aryl methyl sites for hydroxylation is 1. The quantitative estimate of drug-likeness (QED) is 0.00501. The molecular formula is C77H100FN13O23S5. The highest BCUT2D eigenvalue weighted by molar-refractivity contribution is 7.89. The van der Waals surface area contributed by atoms with Crippen LogP contribution in [0, 0.1) is 5.92 Å². The van der Waals surface area contributed by atoms with Crippen LogP contribution in [0.1, 0.15) is 122 Å². The minimum Gasteiger partial charge on any atom is -0.744 e. The van der Waals surface area contributed by atoms with Gasteiger partial charge in [-0.3, -0.25) is 42.4 Å². The molecule has 7 aromatic rings. The van der Waals surface area contributed by atoms with Gasteiger partial charge in [0, 0.05) is 84.8 Å². The van der Waals surface area contributed by atoms with Crippen LogP contribution in [-0.2, 0) is 121 Å². The molecule has 0 fully saturated rings. The van der Waals surface area contributed by atoms with Gasteiger partial charge in [-0.25, -0.2) is 31.7 Å². The molecule has 0 saturated carbocycles. The number of methoxy groups -OCH3 is 1. The minimum atomic E-state index is -5.23. The van der Waals surface area contributed by atoms with E-state index in [-0.39, 0.29) is 130 Å². The van der Waals surface area contributed by atoms with Gasteiger partial charge in [0.15, 0.2) is 5.71 Å². The Kier molecular flexibility index (Phi) is 31.7. The number of carbonyl (C=O) groups excluding carboxylic acids is 4. The van der Waals surface area contributed by atoms with E-state index in [0.717, 1.165) is 16.4 Å². The number of halogens is 1. The van der Waals surface area contributed by atoms with Gasteiger partial charge in [0.25, 0.3) is 36.3 Å². The SMILES string of the molecule is CCN1\C(=C/C=C/C=C/C2=[N+](CCCCCC(=O)NCCCC[C@H](NC(=O)Cn3cc(CCCF)nn3)C(=O)NCCOCCOCCOCCn3cc(CN([C@@H](C(=O)NO)C(C)C)S(=O)(=O)c4ccc(OC)cc4)nn3)c3ccc4c(S(=O)(=O)O)cc(S(=O)(=O)O)cc4c3C2(C)C)C(C)(C)c2c1ccc1c(S(=O)(=O)[O-])cc(S(=O)(=O)O)cc21. The zero-order valence-electron chi connectivity index (χ0n) is 67.0. The number of sulfonamides is 1. The summed E-state index contributed by atoms with van der Waals surface area (Å²) in [5, 5.41) is 34.4. The number of unbranched alkanes of at least 4 members (excludes halogenated alkanes) is 3. The smallest absolute Gasteiger partial charge is 0.295 e. The summed E-state index contributed by atoms with van der Waals surface area (Å²) in [6.07, 6.45) is 15.1. The summed E-state index contributed by atoms with van der Waals surface area (Å²) in [7, 11) is -23.2. The second-order valence-electron chi connectivity index (χ2n) is 29.6. The predicted octanol–water partition coefficient (Wildman–Crippen LogP) is 6.54. The van der Waals surface area contributed by atoms with E-state index in [1.807, 2.05) is 56.2 Å². The van der Waals surface area contributed by atoms with Crippen molar-refractivity contribution in [2.75, 3.05) is 84.5 Å². The Morgan fingerprint density at radius 1 is 0.647 bits per heavy atom. The normalized spacial score (nSPS) is 15.3. The van der Waals surface area contributed by atoms with E-state index < -0.39 is 123 Å². The maximum Gasteiger partial charge on any atom is 0.295 e. The van der Waals surface area contributed by atoms with E-state index in [0.29, 0.717) is 109 Å². The lowest BCUT2D eigenvalue weighted by Crippen LogP contribution is -2.51. The molecule has 42 heteroatoms. The number of rotatable bonds is 46. The van der Waals surface area contributed by atoms with E-state index in [2.05, 4.69) is 36.6 Å². The first-order chi connectivity index (χ1) is 56.2. The van der Waals surface area contributed by atoms with Gasteiger partial charge in [0.2, 0.25) is 33.4 Å². The monoisotopic (exact) mass is 1750 g/mol. The van der Waals surface area contributed by atoms with Crippen molar-refractivity contribution >= 4 is 113 Å². The van der Waals surface area contributed by atoms with Crippen LogP contribution in [0.2, 0.25) is 0 Å². The van der Waals surface area contributed by atoms with Crippen molar-refractivity contribution < 1.29 is 113 Å². The number of allylic oxidation sites excluding steroid dienone is 6. The maximum atomic E-state index is 13.9. The molecule has 648 valence electrons. The number of nitrogens with one attached hydrogen (secondary N) is 4. The molecule has 0 unspecified atom stereocenters. The molecule has 4 amide bonds. The van der Waals surface area contributed by atoms with Gasteiger partial charge in [-0.15, -0.1) is 10.2 Å². The number of hydroxylamine groups is 1. The summed E-state index contributed by atoms with van der Waals surface area (Å²) < 4.78 is 213. The van der Waals surface area contributed by atoms with Crippen molar-refractivity contribution in [3.05, 3.63) is 144 Å². The molecule has 0 aliphatic carbocycles. The summed E-state index contributed by atoms with van der Waals surface area (Å²) in [4.78, 5) is 51.9. The first kappa shape index (κ1) is 93.5. The Balaban J connectivity index is 0.764. The molecule has 0 saturated heterocycles. The number of anilines is 1. The average molecular weight is 1760 g/mol. The van der Waals surface area contributed by atoms with Crippen LogP contribution in [0.5, 0.6) is 5.75 Å². The third-order valence-corrected chi connectivity index (χ3v) is 25.5. The second-order valence-corrected chi connectivity index (χ2v) is 37.1. The number of aromatic nitrogens is 6. The Morgan fingerprint density at radius 2 is 1.27 bits per heavy atom. The number of benzene rings is 5. The van der Waals surface area contributed by atoms with Crippen LogP contribution >= 0.6 is 0 Å². The fourth-order valence-corrected chi connectivity index (χ4v) is 19.0. The summed E-state index contributed by atoms with van der Waals surface area (Å²) in [6, 6.07) is 13.1. The van der Waals surface area contributed by atoms with Crippen LogP contribution in [-0.4, -0.2) is 225 Å². The molecule has 119 heavy (non-hydrogen) atoms. The van der Waals surface area contributed by atoms with Crippen molar-refractivity contribution in [2.45, 2.75) is 173 Å². The third kappa shape index (κ3) is 23.4. The molecule has 36 nitrogen and oxygen atoms in total. The number of hydrogen-bond donors (Lipinski definition) is 8. The number of hydrogen-bond acceptors (Lipinski definition) is 25. The molecule has 9 rings (SSSR count). The van der Waals surface area contributed by atoms with Crippen molar-refractivity contribution in [1.82, 2.24) is 55.7 Å². The number of likely N-dealkylation sites (N-methyl/N-ethyl adjacent to an activating group) is 1. The fourth-order valence-electron chi connectivity index (χ4n) is 14.7. The topological polar surface area (TPSA) is 499 Å². The van der Waals surface area contributed by atoms with E-state index >= 15 is 0 Å². The first-order valence-corrected chi connectivity index (χ1v) is 45.4. The lowest BCUT2D eigenvalue weighted by molar-refractivity contribution is -0.438. The second kappa shape index (κ2) is 40.3. The van der Waals surface area contributed by atoms with Crippen LogP contribution in [0.3, 0.4) is 0 Å².